The van der Waals surface area contributed by atoms with Gasteiger partial charge < -0.3 is 0 Å². The van der Waals surface area contributed by atoms with Crippen molar-refractivity contribution in [1.29, 1.82) is 0 Å². The number of anilines is 1. The van der Waals surface area contributed by atoms with Gasteiger partial charge in [-0.1, -0.05) is 18.2 Å². The van der Waals surface area contributed by atoms with Crippen LogP contribution in [-0.4, -0.2) is 11.8 Å². The molecule has 1 heterocycles. The molecular weight excluding hydrogens is 403 g/mol. The zero-order valence-corrected chi connectivity index (χ0v) is 14.9. The Kier molecular flexibility index (Phi) is 4.21. The van der Waals surface area contributed by atoms with Crippen molar-refractivity contribution in [1.82, 2.24) is 5.43 Å². The Bertz CT molecular complexity index is 843. The first-order valence-corrected chi connectivity index (χ1v) is 8.23. The predicted molar refractivity (Wildman–Crippen MR) is 98.7 cm³/mol. The summed E-state index contributed by atoms with van der Waals surface area (Å²) in [5, 5.41) is 1.30. The third-order valence-corrected chi connectivity index (χ3v) is 4.47. The van der Waals surface area contributed by atoms with E-state index in [0.717, 1.165) is 20.3 Å². The van der Waals surface area contributed by atoms with Crippen LogP contribution in [0, 0.1) is 17.4 Å². The van der Waals surface area contributed by atoms with E-state index in [1.807, 2.05) is 56.3 Å². The lowest BCUT2D eigenvalue weighted by Gasteiger charge is -2.15. The van der Waals surface area contributed by atoms with Crippen molar-refractivity contribution in [3.8, 4) is 0 Å². The normalized spacial score (nSPS) is 16.1. The van der Waals surface area contributed by atoms with Crippen LogP contribution in [0.4, 0.5) is 5.69 Å². The second-order valence-electron chi connectivity index (χ2n) is 5.46. The van der Waals surface area contributed by atoms with Crippen LogP contribution >= 0.6 is 22.6 Å². The van der Waals surface area contributed by atoms with Gasteiger partial charge in [0.1, 0.15) is 5.57 Å². The molecule has 0 atom stereocenters. The summed E-state index contributed by atoms with van der Waals surface area (Å²) in [6, 6.07) is 13.3. The van der Waals surface area contributed by atoms with Crippen LogP contribution in [0.25, 0.3) is 6.08 Å². The van der Waals surface area contributed by atoms with Crippen molar-refractivity contribution in [3.05, 3.63) is 68.3 Å². The van der Waals surface area contributed by atoms with Crippen LogP contribution in [0.5, 0.6) is 0 Å². The van der Waals surface area contributed by atoms with Crippen LogP contribution in [0.2, 0.25) is 0 Å². The molecule has 0 saturated carbocycles. The van der Waals surface area contributed by atoms with Gasteiger partial charge in [-0.2, -0.15) is 0 Å². The van der Waals surface area contributed by atoms with E-state index < -0.39 is 0 Å². The molecule has 3 rings (SSSR count). The molecule has 0 unspecified atom stereocenters. The molecule has 1 saturated heterocycles. The topological polar surface area (TPSA) is 49.4 Å². The Morgan fingerprint density at radius 1 is 1.04 bits per heavy atom. The molecule has 0 aliphatic carbocycles. The van der Waals surface area contributed by atoms with E-state index in [2.05, 4.69) is 28.0 Å². The summed E-state index contributed by atoms with van der Waals surface area (Å²) in [6.07, 6.45) is 1.63. The number of nitrogens with zero attached hydrogens (tertiary/aromatic N) is 1. The van der Waals surface area contributed by atoms with Crippen molar-refractivity contribution in [3.63, 3.8) is 0 Å². The van der Waals surface area contributed by atoms with Crippen molar-refractivity contribution in [2.24, 2.45) is 0 Å². The number of carbonyl (C=O) groups is 2. The number of hydrogen-bond donors (Lipinski definition) is 1. The molecule has 5 heteroatoms. The highest BCUT2D eigenvalue weighted by atomic mass is 127. The molecule has 2 amide bonds. The van der Waals surface area contributed by atoms with E-state index >= 15 is 0 Å². The molecule has 4 nitrogen and oxygen atoms in total. The third kappa shape index (κ3) is 3.14. The fourth-order valence-corrected chi connectivity index (χ4v) is 2.93. The third-order valence-electron chi connectivity index (χ3n) is 3.80. The number of benzene rings is 2. The molecule has 116 valence electrons. The minimum Gasteiger partial charge on any atom is -0.267 e. The molecule has 0 spiro atoms. The highest BCUT2D eigenvalue weighted by molar-refractivity contribution is 14.1. The van der Waals surface area contributed by atoms with Gasteiger partial charge in [0.05, 0.1) is 5.69 Å². The molecule has 1 N–H and O–H groups in total. The van der Waals surface area contributed by atoms with E-state index in [4.69, 9.17) is 0 Å². The number of halogens is 1. The van der Waals surface area contributed by atoms with E-state index in [1.165, 1.54) is 5.01 Å². The van der Waals surface area contributed by atoms with Gasteiger partial charge in [0.25, 0.3) is 11.8 Å². The summed E-state index contributed by atoms with van der Waals surface area (Å²) in [5.41, 5.74) is 6.47. The maximum atomic E-state index is 12.6. The van der Waals surface area contributed by atoms with Crippen LogP contribution in [0.3, 0.4) is 0 Å². The van der Waals surface area contributed by atoms with Gasteiger partial charge in [-0.25, -0.2) is 5.01 Å². The highest BCUT2D eigenvalue weighted by Gasteiger charge is 2.34. The molecule has 0 bridgehead atoms. The number of carbonyl (C=O) groups excluding carboxylic acids is 2. The van der Waals surface area contributed by atoms with Gasteiger partial charge in [0.15, 0.2) is 0 Å². The van der Waals surface area contributed by atoms with E-state index in [1.54, 1.807) is 6.08 Å². The monoisotopic (exact) mass is 418 g/mol. The lowest BCUT2D eigenvalue weighted by molar-refractivity contribution is -0.117. The maximum absolute atomic E-state index is 12.6. The number of hydrazine groups is 1. The molecular formula is C18H15IN2O2. The maximum Gasteiger partial charge on any atom is 0.282 e. The molecule has 0 radical (unpaired) electrons. The fourth-order valence-electron chi connectivity index (χ4n) is 2.37. The average Bonchev–Trinajstić information content (AvgIpc) is 2.78. The highest BCUT2D eigenvalue weighted by Crippen LogP contribution is 2.24. The zero-order chi connectivity index (χ0) is 16.6. The Morgan fingerprint density at radius 2 is 1.83 bits per heavy atom. The summed E-state index contributed by atoms with van der Waals surface area (Å²) in [6.45, 7) is 3.98. The number of nitrogens with one attached hydrogen (secondary N) is 1. The van der Waals surface area contributed by atoms with E-state index in [-0.39, 0.29) is 17.4 Å². The minimum atomic E-state index is -0.382. The number of amides is 2. The van der Waals surface area contributed by atoms with Gasteiger partial charge in [-0.15, -0.1) is 0 Å². The van der Waals surface area contributed by atoms with Crippen molar-refractivity contribution < 1.29 is 9.59 Å². The van der Waals surface area contributed by atoms with E-state index in [9.17, 15) is 9.59 Å². The smallest absolute Gasteiger partial charge is 0.267 e. The average molecular weight is 418 g/mol. The van der Waals surface area contributed by atoms with Gasteiger partial charge in [0.2, 0.25) is 0 Å². The molecule has 1 aliphatic rings. The second-order valence-corrected chi connectivity index (χ2v) is 6.71. The van der Waals surface area contributed by atoms with Crippen molar-refractivity contribution in [2.45, 2.75) is 13.8 Å². The molecule has 1 aliphatic heterocycles. The largest absolute Gasteiger partial charge is 0.282 e. The first-order valence-electron chi connectivity index (χ1n) is 7.15. The second kappa shape index (κ2) is 6.16. The lowest BCUT2D eigenvalue weighted by Crippen LogP contribution is -2.35. The molecule has 2 aromatic rings. The first kappa shape index (κ1) is 15.7. The summed E-state index contributed by atoms with van der Waals surface area (Å²) >= 11 is 2.20. The molecule has 2 aromatic carbocycles. The Labute approximate surface area is 148 Å². The van der Waals surface area contributed by atoms with Gasteiger partial charge in [-0.05, 0) is 83.5 Å². The summed E-state index contributed by atoms with van der Waals surface area (Å²) in [5.74, 6) is -0.718. The van der Waals surface area contributed by atoms with Crippen LogP contribution in [-0.2, 0) is 9.59 Å². The predicted octanol–water partition coefficient (Wildman–Crippen LogP) is 3.37. The molecule has 23 heavy (non-hydrogen) atoms. The van der Waals surface area contributed by atoms with Crippen molar-refractivity contribution in [2.75, 3.05) is 5.01 Å². The molecule has 0 aromatic heterocycles. The number of hydrogen-bond acceptors (Lipinski definition) is 2. The quantitative estimate of drug-likeness (QED) is 0.462. The Balaban J connectivity index is 1.95. The first-order chi connectivity index (χ1) is 11.0. The zero-order valence-electron chi connectivity index (χ0n) is 12.8. The van der Waals surface area contributed by atoms with Gasteiger partial charge in [-0.3, -0.25) is 15.0 Å². The Morgan fingerprint density at radius 3 is 2.52 bits per heavy atom. The summed E-state index contributed by atoms with van der Waals surface area (Å²) in [4.78, 5) is 24.7. The minimum absolute atomic E-state index is 0.144. The lowest BCUT2D eigenvalue weighted by atomic mass is 10.1. The summed E-state index contributed by atoms with van der Waals surface area (Å²) in [7, 11) is 0. The SMILES string of the molecule is Cc1ccc(N2NC(=O)/C(=C\c3cccc(I)c3)C2=O)cc1C. The van der Waals surface area contributed by atoms with Crippen LogP contribution < -0.4 is 10.4 Å². The van der Waals surface area contributed by atoms with Gasteiger partial charge in [0, 0.05) is 3.57 Å². The summed E-state index contributed by atoms with van der Waals surface area (Å²) < 4.78 is 1.05. The number of rotatable bonds is 2. The fraction of sp³-hybridized carbons (Fsp3) is 0.111. The van der Waals surface area contributed by atoms with Crippen LogP contribution in [0.15, 0.2) is 48.0 Å². The Hall–Kier alpha value is -2.15. The van der Waals surface area contributed by atoms with E-state index in [0.29, 0.717) is 5.69 Å². The molecule has 1 fully saturated rings. The van der Waals surface area contributed by atoms with Crippen molar-refractivity contribution >= 4 is 46.2 Å². The standard InChI is InChI=1S/C18H15IN2O2/c1-11-6-7-15(8-12(11)2)21-18(23)16(17(22)20-21)10-13-4-3-5-14(19)9-13/h3-10H,1-2H3,(H,20,22)/b16-10+. The van der Waals surface area contributed by atoms with Crippen LogP contribution in [0.1, 0.15) is 16.7 Å². The van der Waals surface area contributed by atoms with Gasteiger partial charge >= 0.3 is 0 Å². The number of aryl methyl sites for hydroxylation is 2.